The third-order valence-corrected chi connectivity index (χ3v) is 2.79. The molecule has 1 fully saturated rings. The predicted molar refractivity (Wildman–Crippen MR) is 60.8 cm³/mol. The molecule has 15 heavy (non-hydrogen) atoms. The molecule has 3 nitrogen and oxygen atoms in total. The first kappa shape index (κ1) is 10.0. The van der Waals surface area contributed by atoms with E-state index in [1.165, 1.54) is 12.8 Å². The highest BCUT2D eigenvalue weighted by atomic mass is 16.2. The number of amides is 1. The van der Waals surface area contributed by atoms with Gasteiger partial charge in [0.15, 0.2) is 0 Å². The van der Waals surface area contributed by atoms with E-state index in [-0.39, 0.29) is 5.91 Å². The maximum Gasteiger partial charge on any atom is 0.255 e. The summed E-state index contributed by atoms with van der Waals surface area (Å²) < 4.78 is 0. The molecule has 1 aliphatic carbocycles. The van der Waals surface area contributed by atoms with Crippen LogP contribution in [0.5, 0.6) is 0 Å². The van der Waals surface area contributed by atoms with E-state index in [1.54, 1.807) is 25.1 Å². The van der Waals surface area contributed by atoms with Crippen LogP contribution >= 0.6 is 0 Å². The van der Waals surface area contributed by atoms with E-state index in [2.05, 4.69) is 0 Å². The first-order valence-electron chi connectivity index (χ1n) is 5.21. The van der Waals surface area contributed by atoms with E-state index >= 15 is 0 Å². The lowest BCUT2D eigenvalue weighted by molar-refractivity contribution is 0.0828. The minimum Gasteiger partial charge on any atom is -0.398 e. The van der Waals surface area contributed by atoms with Gasteiger partial charge in [-0.2, -0.15) is 0 Å². The van der Waals surface area contributed by atoms with E-state index in [0.29, 0.717) is 17.2 Å². The van der Waals surface area contributed by atoms with Gasteiger partial charge < -0.3 is 10.6 Å². The van der Waals surface area contributed by atoms with Crippen LogP contribution in [0, 0.1) is 0 Å². The molecule has 1 aromatic carbocycles. The van der Waals surface area contributed by atoms with Crippen molar-refractivity contribution in [3.63, 3.8) is 0 Å². The highest BCUT2D eigenvalue weighted by molar-refractivity contribution is 5.99. The minimum atomic E-state index is -0.0185. The second-order valence-corrected chi connectivity index (χ2v) is 4.28. The van der Waals surface area contributed by atoms with Crippen molar-refractivity contribution in [1.82, 2.24) is 4.90 Å². The van der Waals surface area contributed by atoms with Crippen molar-refractivity contribution in [2.24, 2.45) is 0 Å². The third-order valence-electron chi connectivity index (χ3n) is 2.79. The second-order valence-electron chi connectivity index (χ2n) is 4.28. The maximum absolute atomic E-state index is 11.8. The summed E-state index contributed by atoms with van der Waals surface area (Å²) in [5, 5.41) is 0. The molecule has 0 spiro atoms. The predicted octanol–water partition coefficient (Wildman–Crippen LogP) is 1.85. The molecule has 1 aromatic rings. The van der Waals surface area contributed by atoms with Crippen LogP contribution in [0.2, 0.25) is 0 Å². The van der Waals surface area contributed by atoms with Gasteiger partial charge in [-0.25, -0.2) is 0 Å². The Kier molecular flexibility index (Phi) is 2.39. The van der Waals surface area contributed by atoms with Gasteiger partial charge >= 0.3 is 0 Å². The minimum absolute atomic E-state index is 0.0185. The van der Waals surface area contributed by atoms with Gasteiger partial charge in [0.25, 0.3) is 5.91 Å². The van der Waals surface area contributed by atoms with Crippen LogP contribution in [0.25, 0.3) is 0 Å². The standard InChI is InChI=1S/C12H16N2O/c1-14(2)12(15)10-5-3-4-9(11(10)13)8-6-7-8/h3-5,8H,6-7,13H2,1-2H3. The van der Waals surface area contributed by atoms with Crippen molar-refractivity contribution >= 4 is 11.6 Å². The fourth-order valence-corrected chi connectivity index (χ4v) is 1.76. The molecule has 0 radical (unpaired) electrons. The van der Waals surface area contributed by atoms with Crippen molar-refractivity contribution in [1.29, 1.82) is 0 Å². The summed E-state index contributed by atoms with van der Waals surface area (Å²) in [5.74, 6) is 0.565. The van der Waals surface area contributed by atoms with Crippen LogP contribution in [0.1, 0.15) is 34.7 Å². The van der Waals surface area contributed by atoms with Crippen LogP contribution in [0.4, 0.5) is 5.69 Å². The van der Waals surface area contributed by atoms with Gasteiger partial charge in [0.05, 0.1) is 5.56 Å². The smallest absolute Gasteiger partial charge is 0.255 e. The van der Waals surface area contributed by atoms with Crippen LogP contribution in [0.15, 0.2) is 18.2 Å². The molecule has 1 amide bonds. The number of carbonyl (C=O) groups excluding carboxylic acids is 1. The van der Waals surface area contributed by atoms with Gasteiger partial charge in [0.2, 0.25) is 0 Å². The van der Waals surface area contributed by atoms with E-state index < -0.39 is 0 Å². The lowest BCUT2D eigenvalue weighted by atomic mass is 10.0. The summed E-state index contributed by atoms with van der Waals surface area (Å²) in [5.41, 5.74) is 8.45. The largest absolute Gasteiger partial charge is 0.398 e. The number of nitrogens with two attached hydrogens (primary N) is 1. The third kappa shape index (κ3) is 1.82. The van der Waals surface area contributed by atoms with Gasteiger partial charge in [-0.05, 0) is 30.4 Å². The Morgan fingerprint density at radius 3 is 2.60 bits per heavy atom. The summed E-state index contributed by atoms with van der Waals surface area (Å²) in [6.07, 6.45) is 2.40. The van der Waals surface area contributed by atoms with Crippen LogP contribution < -0.4 is 5.73 Å². The second kappa shape index (κ2) is 3.57. The summed E-state index contributed by atoms with van der Waals surface area (Å²) in [4.78, 5) is 13.4. The monoisotopic (exact) mass is 204 g/mol. The van der Waals surface area contributed by atoms with Gasteiger partial charge in [-0.3, -0.25) is 4.79 Å². The number of benzene rings is 1. The lowest BCUT2D eigenvalue weighted by Gasteiger charge is -2.14. The molecule has 3 heteroatoms. The number of carbonyl (C=O) groups is 1. The fraction of sp³-hybridized carbons (Fsp3) is 0.417. The molecule has 0 aromatic heterocycles. The normalized spacial score (nSPS) is 15.1. The van der Waals surface area contributed by atoms with Crippen molar-refractivity contribution < 1.29 is 4.79 Å². The number of hydrogen-bond donors (Lipinski definition) is 1. The molecular weight excluding hydrogens is 188 g/mol. The Morgan fingerprint density at radius 2 is 2.07 bits per heavy atom. The molecule has 1 saturated carbocycles. The van der Waals surface area contributed by atoms with Gasteiger partial charge in [-0.15, -0.1) is 0 Å². The molecular formula is C12H16N2O. The Labute approximate surface area is 89.9 Å². The van der Waals surface area contributed by atoms with E-state index in [4.69, 9.17) is 5.73 Å². The van der Waals surface area contributed by atoms with Crippen molar-refractivity contribution in [3.8, 4) is 0 Å². The molecule has 2 rings (SSSR count). The van der Waals surface area contributed by atoms with E-state index in [0.717, 1.165) is 5.56 Å². The molecule has 0 atom stereocenters. The Bertz CT molecular complexity index is 395. The lowest BCUT2D eigenvalue weighted by Crippen LogP contribution is -2.23. The zero-order valence-electron chi connectivity index (χ0n) is 9.16. The quantitative estimate of drug-likeness (QED) is 0.747. The van der Waals surface area contributed by atoms with E-state index in [9.17, 15) is 4.79 Å². The average molecular weight is 204 g/mol. The Morgan fingerprint density at radius 1 is 1.40 bits per heavy atom. The Balaban J connectivity index is 2.39. The maximum atomic E-state index is 11.8. The molecule has 80 valence electrons. The molecule has 1 aliphatic rings. The fourth-order valence-electron chi connectivity index (χ4n) is 1.76. The summed E-state index contributed by atoms with van der Waals surface area (Å²) in [7, 11) is 3.48. The van der Waals surface area contributed by atoms with Crippen LogP contribution in [-0.4, -0.2) is 24.9 Å². The molecule has 0 saturated heterocycles. The zero-order valence-corrected chi connectivity index (χ0v) is 9.16. The number of para-hydroxylation sites is 1. The number of nitrogens with zero attached hydrogens (tertiary/aromatic N) is 1. The summed E-state index contributed by atoms with van der Waals surface area (Å²) in [6.45, 7) is 0. The number of rotatable bonds is 2. The van der Waals surface area contributed by atoms with Crippen LogP contribution in [-0.2, 0) is 0 Å². The van der Waals surface area contributed by atoms with Gasteiger partial charge in [-0.1, -0.05) is 12.1 Å². The zero-order chi connectivity index (χ0) is 11.0. The van der Waals surface area contributed by atoms with Crippen LogP contribution in [0.3, 0.4) is 0 Å². The van der Waals surface area contributed by atoms with Crippen molar-refractivity contribution in [2.45, 2.75) is 18.8 Å². The summed E-state index contributed by atoms with van der Waals surface area (Å²) >= 11 is 0. The molecule has 2 N–H and O–H groups in total. The number of hydrogen-bond acceptors (Lipinski definition) is 2. The van der Waals surface area contributed by atoms with Gasteiger partial charge in [0, 0.05) is 19.8 Å². The number of anilines is 1. The van der Waals surface area contributed by atoms with Crippen molar-refractivity contribution in [2.75, 3.05) is 19.8 Å². The molecule has 0 heterocycles. The molecule has 0 bridgehead atoms. The summed E-state index contributed by atoms with van der Waals surface area (Å²) in [6, 6.07) is 5.74. The van der Waals surface area contributed by atoms with E-state index in [1.807, 2.05) is 12.1 Å². The van der Waals surface area contributed by atoms with Crippen molar-refractivity contribution in [3.05, 3.63) is 29.3 Å². The highest BCUT2D eigenvalue weighted by Gasteiger charge is 2.27. The first-order chi connectivity index (χ1) is 7.11. The average Bonchev–Trinajstić information content (AvgIpc) is 3.00. The number of nitrogen functional groups attached to an aromatic ring is 1. The van der Waals surface area contributed by atoms with Gasteiger partial charge in [0.1, 0.15) is 0 Å². The molecule has 0 unspecified atom stereocenters. The Hall–Kier alpha value is -1.51. The topological polar surface area (TPSA) is 46.3 Å². The highest BCUT2D eigenvalue weighted by Crippen LogP contribution is 2.43. The first-order valence-corrected chi connectivity index (χ1v) is 5.21. The SMILES string of the molecule is CN(C)C(=O)c1cccc(C2CC2)c1N. The molecule has 0 aliphatic heterocycles.